The van der Waals surface area contributed by atoms with Gasteiger partial charge in [0.2, 0.25) is 0 Å². The van der Waals surface area contributed by atoms with Crippen LogP contribution in [0.25, 0.3) is 11.1 Å². The molecule has 1 saturated carbocycles. The van der Waals surface area contributed by atoms with Crippen LogP contribution in [0.4, 0.5) is 4.79 Å². The topological polar surface area (TPSA) is 49.8 Å². The lowest BCUT2D eigenvalue weighted by Crippen LogP contribution is -2.36. The zero-order valence-electron chi connectivity index (χ0n) is 13.7. The summed E-state index contributed by atoms with van der Waals surface area (Å²) in [6, 6.07) is 16.6. The fraction of sp³-hybridized carbons (Fsp3) is 0.350. The number of carbonyl (C=O) groups excluding carboxylic acids is 1. The van der Waals surface area contributed by atoms with Crippen molar-refractivity contribution in [3.63, 3.8) is 0 Å². The van der Waals surface area contributed by atoms with Crippen LogP contribution < -0.4 is 0 Å². The van der Waals surface area contributed by atoms with Crippen molar-refractivity contribution in [2.45, 2.75) is 24.4 Å². The fourth-order valence-electron chi connectivity index (χ4n) is 3.51. The quantitative estimate of drug-likeness (QED) is 0.938. The van der Waals surface area contributed by atoms with Gasteiger partial charge < -0.3 is 14.7 Å². The number of fused-ring (bicyclic) bond motifs is 3. The Balaban J connectivity index is 1.49. The largest absolute Gasteiger partial charge is 0.448 e. The molecule has 2 aliphatic rings. The average Bonchev–Trinajstić information content (AvgIpc) is 3.23. The predicted octanol–water partition coefficient (Wildman–Crippen LogP) is 3.39. The van der Waals surface area contributed by atoms with E-state index in [1.165, 1.54) is 27.2 Å². The van der Waals surface area contributed by atoms with Crippen molar-refractivity contribution in [3.8, 4) is 11.1 Å². The van der Waals surface area contributed by atoms with Gasteiger partial charge in [-0.15, -0.1) is 0 Å². The second-order valence-electron chi connectivity index (χ2n) is 6.88. The van der Waals surface area contributed by atoms with Crippen molar-refractivity contribution in [2.24, 2.45) is 0 Å². The number of amides is 1. The first-order chi connectivity index (χ1) is 11.6. The van der Waals surface area contributed by atoms with Gasteiger partial charge in [-0.25, -0.2) is 4.79 Å². The standard InChI is InChI=1S/C20H21NO3/c1-21(13-20(23)10-11-20)19(22)24-12-18-16-8-4-2-6-14(16)15-7-3-5-9-17(15)18/h2-9,18,23H,10-13H2,1H3. The number of nitrogens with zero attached hydrogens (tertiary/aromatic N) is 1. The molecule has 24 heavy (non-hydrogen) atoms. The second-order valence-corrected chi connectivity index (χ2v) is 6.88. The molecule has 0 aliphatic heterocycles. The first-order valence-electron chi connectivity index (χ1n) is 8.36. The summed E-state index contributed by atoms with van der Waals surface area (Å²) in [6.07, 6.45) is 1.14. The van der Waals surface area contributed by atoms with Crippen molar-refractivity contribution in [1.29, 1.82) is 0 Å². The SMILES string of the molecule is CN(CC1(O)CC1)C(=O)OCC1c2ccccc2-c2ccccc21. The van der Waals surface area contributed by atoms with Crippen LogP contribution in [-0.4, -0.2) is 41.9 Å². The molecule has 2 aromatic rings. The third-order valence-corrected chi connectivity index (χ3v) is 5.01. The van der Waals surface area contributed by atoms with Gasteiger partial charge in [0, 0.05) is 13.0 Å². The zero-order chi connectivity index (χ0) is 16.7. The Morgan fingerprint density at radius 2 is 1.67 bits per heavy atom. The number of hydrogen-bond donors (Lipinski definition) is 1. The molecule has 0 bridgehead atoms. The van der Waals surface area contributed by atoms with Crippen molar-refractivity contribution >= 4 is 6.09 Å². The highest BCUT2D eigenvalue weighted by Gasteiger charge is 2.42. The van der Waals surface area contributed by atoms with Crippen LogP contribution in [0.1, 0.15) is 29.9 Å². The smallest absolute Gasteiger partial charge is 0.409 e. The molecule has 0 radical (unpaired) electrons. The van der Waals surface area contributed by atoms with Crippen LogP contribution in [0.3, 0.4) is 0 Å². The molecule has 1 N–H and O–H groups in total. The van der Waals surface area contributed by atoms with Crippen LogP contribution in [0.2, 0.25) is 0 Å². The van der Waals surface area contributed by atoms with Gasteiger partial charge >= 0.3 is 6.09 Å². The minimum Gasteiger partial charge on any atom is -0.448 e. The van der Waals surface area contributed by atoms with E-state index in [1.54, 1.807) is 7.05 Å². The molecule has 4 heteroatoms. The maximum Gasteiger partial charge on any atom is 0.409 e. The van der Waals surface area contributed by atoms with Crippen LogP contribution >= 0.6 is 0 Å². The molecule has 4 rings (SSSR count). The summed E-state index contributed by atoms with van der Waals surface area (Å²) in [5.41, 5.74) is 4.15. The summed E-state index contributed by atoms with van der Waals surface area (Å²) >= 11 is 0. The summed E-state index contributed by atoms with van der Waals surface area (Å²) in [5, 5.41) is 9.94. The van der Waals surface area contributed by atoms with E-state index in [0.717, 1.165) is 12.8 Å². The Morgan fingerprint density at radius 1 is 1.12 bits per heavy atom. The number of rotatable bonds is 4. The normalized spacial score (nSPS) is 17.1. The molecule has 1 fully saturated rings. The molecule has 1 amide bonds. The van der Waals surface area contributed by atoms with E-state index >= 15 is 0 Å². The van der Waals surface area contributed by atoms with Crippen LogP contribution in [0.5, 0.6) is 0 Å². The highest BCUT2D eigenvalue weighted by molar-refractivity contribution is 5.79. The highest BCUT2D eigenvalue weighted by atomic mass is 16.6. The van der Waals surface area contributed by atoms with E-state index in [9.17, 15) is 9.90 Å². The Bertz CT molecular complexity index is 736. The molecule has 0 unspecified atom stereocenters. The van der Waals surface area contributed by atoms with Crippen molar-refractivity contribution in [3.05, 3.63) is 59.7 Å². The lowest BCUT2D eigenvalue weighted by atomic mass is 9.98. The molecule has 0 heterocycles. The lowest BCUT2D eigenvalue weighted by molar-refractivity contribution is 0.0718. The van der Waals surface area contributed by atoms with Crippen LogP contribution in [0.15, 0.2) is 48.5 Å². The van der Waals surface area contributed by atoms with Gasteiger partial charge in [0.1, 0.15) is 6.61 Å². The Hall–Kier alpha value is -2.33. The summed E-state index contributed by atoms with van der Waals surface area (Å²) < 4.78 is 5.55. The van der Waals surface area contributed by atoms with Crippen molar-refractivity contribution < 1.29 is 14.6 Å². The molecule has 0 aromatic heterocycles. The summed E-state index contributed by atoms with van der Waals surface area (Å²) in [5.74, 6) is 0.0683. The number of hydrogen-bond acceptors (Lipinski definition) is 3. The molecule has 2 aliphatic carbocycles. The first-order valence-corrected chi connectivity index (χ1v) is 8.36. The van der Waals surface area contributed by atoms with Gasteiger partial charge in [-0.2, -0.15) is 0 Å². The van der Waals surface area contributed by atoms with Crippen LogP contribution in [0, 0.1) is 0 Å². The number of aliphatic hydroxyl groups is 1. The molecule has 0 atom stereocenters. The summed E-state index contributed by atoms with van der Waals surface area (Å²) in [4.78, 5) is 13.7. The van der Waals surface area contributed by atoms with Gasteiger partial charge in [-0.05, 0) is 35.1 Å². The van der Waals surface area contributed by atoms with Crippen molar-refractivity contribution in [1.82, 2.24) is 4.90 Å². The number of carbonyl (C=O) groups is 1. The molecule has 2 aromatic carbocycles. The average molecular weight is 323 g/mol. The molecular weight excluding hydrogens is 302 g/mol. The highest BCUT2D eigenvalue weighted by Crippen LogP contribution is 2.44. The zero-order valence-corrected chi connectivity index (χ0v) is 13.7. The number of likely N-dealkylation sites (N-methyl/N-ethyl adjacent to an activating group) is 1. The molecule has 0 spiro atoms. The molecule has 0 saturated heterocycles. The minimum absolute atomic E-state index is 0.0683. The lowest BCUT2D eigenvalue weighted by Gasteiger charge is -2.21. The third-order valence-electron chi connectivity index (χ3n) is 5.01. The number of benzene rings is 2. The molecule has 4 nitrogen and oxygen atoms in total. The predicted molar refractivity (Wildman–Crippen MR) is 91.9 cm³/mol. The molecule has 124 valence electrons. The molecular formula is C20H21NO3. The van der Waals surface area contributed by atoms with E-state index < -0.39 is 5.60 Å². The Kier molecular flexibility index (Phi) is 3.57. The van der Waals surface area contributed by atoms with Gasteiger partial charge in [-0.1, -0.05) is 48.5 Å². The van der Waals surface area contributed by atoms with E-state index in [0.29, 0.717) is 13.2 Å². The van der Waals surface area contributed by atoms with E-state index in [-0.39, 0.29) is 12.0 Å². The van der Waals surface area contributed by atoms with E-state index in [4.69, 9.17) is 4.74 Å². The summed E-state index contributed by atoms with van der Waals surface area (Å²) in [7, 11) is 1.68. The fourth-order valence-corrected chi connectivity index (χ4v) is 3.51. The van der Waals surface area contributed by atoms with Crippen molar-refractivity contribution in [2.75, 3.05) is 20.2 Å². The first kappa shape index (κ1) is 15.2. The third kappa shape index (κ3) is 2.67. The Morgan fingerprint density at radius 3 is 2.21 bits per heavy atom. The minimum atomic E-state index is -0.694. The maximum atomic E-state index is 12.2. The van der Waals surface area contributed by atoms with E-state index in [2.05, 4.69) is 24.3 Å². The summed E-state index contributed by atoms with van der Waals surface area (Å²) in [6.45, 7) is 0.652. The van der Waals surface area contributed by atoms with Gasteiger partial charge in [-0.3, -0.25) is 0 Å². The van der Waals surface area contributed by atoms with E-state index in [1.807, 2.05) is 24.3 Å². The number of ether oxygens (including phenoxy) is 1. The van der Waals surface area contributed by atoms with Gasteiger partial charge in [0.05, 0.1) is 12.1 Å². The van der Waals surface area contributed by atoms with Gasteiger partial charge in [0.25, 0.3) is 0 Å². The monoisotopic (exact) mass is 323 g/mol. The van der Waals surface area contributed by atoms with Gasteiger partial charge in [0.15, 0.2) is 0 Å². The Labute approximate surface area is 141 Å². The van der Waals surface area contributed by atoms with Crippen LogP contribution in [-0.2, 0) is 4.74 Å². The second kappa shape index (κ2) is 5.64. The maximum absolute atomic E-state index is 12.2.